The quantitative estimate of drug-likeness (QED) is 0.757. The van der Waals surface area contributed by atoms with Crippen molar-refractivity contribution in [1.29, 1.82) is 0 Å². The van der Waals surface area contributed by atoms with E-state index in [-0.39, 0.29) is 11.5 Å². The highest BCUT2D eigenvalue weighted by Crippen LogP contribution is 2.15. The van der Waals surface area contributed by atoms with Crippen LogP contribution in [-0.4, -0.2) is 15.7 Å². The summed E-state index contributed by atoms with van der Waals surface area (Å²) >= 11 is 0. The zero-order valence-electron chi connectivity index (χ0n) is 12.4. The van der Waals surface area contributed by atoms with Gasteiger partial charge < -0.3 is 0 Å². The zero-order chi connectivity index (χ0) is 15.2. The van der Waals surface area contributed by atoms with Crippen LogP contribution in [0.2, 0.25) is 0 Å². The molecule has 0 aliphatic carbocycles. The minimum atomic E-state index is -1.17. The average Bonchev–Trinajstić information content (AvgIpc) is 2.48. The molecular weight excluding hydrogens is 280 g/mol. The van der Waals surface area contributed by atoms with Crippen LogP contribution in [0.15, 0.2) is 54.6 Å². The molecule has 110 valence electrons. The Labute approximate surface area is 128 Å². The monoisotopic (exact) mass is 300 g/mol. The molecule has 1 atom stereocenters. The molecule has 3 heteroatoms. The van der Waals surface area contributed by atoms with Crippen molar-refractivity contribution in [2.75, 3.05) is 5.75 Å². The van der Waals surface area contributed by atoms with E-state index in [2.05, 4.69) is 13.8 Å². The first-order chi connectivity index (χ1) is 10.1. The number of Topliss-reactive ketones (excluding diaryl/α,β-unsaturated/α-hetero) is 1. The number of benzene rings is 2. The fourth-order valence-electron chi connectivity index (χ4n) is 2.09. The minimum Gasteiger partial charge on any atom is -0.293 e. The smallest absolute Gasteiger partial charge is 0.175 e. The van der Waals surface area contributed by atoms with Gasteiger partial charge >= 0.3 is 0 Å². The Hall–Kier alpha value is -1.74. The van der Waals surface area contributed by atoms with E-state index in [1.807, 2.05) is 54.6 Å². The summed E-state index contributed by atoms with van der Waals surface area (Å²) in [5, 5.41) is 0. The molecule has 0 radical (unpaired) electrons. The Balaban J connectivity index is 1.96. The number of carbonyl (C=O) groups is 1. The second-order valence-corrected chi connectivity index (χ2v) is 6.87. The van der Waals surface area contributed by atoms with E-state index in [0.717, 1.165) is 5.56 Å². The highest BCUT2D eigenvalue weighted by atomic mass is 32.2. The fraction of sp³-hybridized carbons (Fsp3) is 0.278. The van der Waals surface area contributed by atoms with Crippen LogP contribution in [0, 0.1) is 0 Å². The highest BCUT2D eigenvalue weighted by molar-refractivity contribution is 7.85. The Bertz CT molecular complexity index is 615. The van der Waals surface area contributed by atoms with Crippen LogP contribution in [0.5, 0.6) is 0 Å². The van der Waals surface area contributed by atoms with Gasteiger partial charge in [-0.05, 0) is 17.0 Å². The van der Waals surface area contributed by atoms with Gasteiger partial charge in [-0.2, -0.15) is 0 Å². The van der Waals surface area contributed by atoms with Gasteiger partial charge in [0.05, 0.1) is 5.75 Å². The van der Waals surface area contributed by atoms with Crippen molar-refractivity contribution < 1.29 is 9.00 Å². The Kier molecular flexibility index (Phi) is 5.45. The lowest BCUT2D eigenvalue weighted by Crippen LogP contribution is -2.12. The normalized spacial score (nSPS) is 12.3. The molecule has 1 unspecified atom stereocenters. The summed E-state index contributed by atoms with van der Waals surface area (Å²) in [7, 11) is -1.17. The third kappa shape index (κ3) is 4.64. The molecule has 0 heterocycles. The summed E-state index contributed by atoms with van der Waals surface area (Å²) in [4.78, 5) is 12.1. The lowest BCUT2D eigenvalue weighted by molar-refractivity contribution is 0.102. The van der Waals surface area contributed by atoms with E-state index < -0.39 is 10.8 Å². The molecule has 0 spiro atoms. The first-order valence-electron chi connectivity index (χ1n) is 7.08. The molecular formula is C18H20O2S. The van der Waals surface area contributed by atoms with Crippen molar-refractivity contribution >= 4 is 16.6 Å². The number of ketones is 1. The first kappa shape index (κ1) is 15.6. The van der Waals surface area contributed by atoms with Gasteiger partial charge in [0.25, 0.3) is 0 Å². The van der Waals surface area contributed by atoms with Gasteiger partial charge in [0, 0.05) is 22.1 Å². The third-order valence-corrected chi connectivity index (χ3v) is 4.60. The summed E-state index contributed by atoms with van der Waals surface area (Å²) in [6.07, 6.45) is 0. The second-order valence-electron chi connectivity index (χ2n) is 5.41. The van der Waals surface area contributed by atoms with E-state index in [4.69, 9.17) is 0 Å². The van der Waals surface area contributed by atoms with Crippen molar-refractivity contribution in [2.24, 2.45) is 0 Å². The fourth-order valence-corrected chi connectivity index (χ4v) is 3.22. The third-order valence-electron chi connectivity index (χ3n) is 3.36. The molecule has 0 aliphatic rings. The van der Waals surface area contributed by atoms with Crippen LogP contribution in [0.3, 0.4) is 0 Å². The van der Waals surface area contributed by atoms with E-state index >= 15 is 0 Å². The van der Waals surface area contributed by atoms with Crippen LogP contribution in [-0.2, 0) is 16.6 Å². The Morgan fingerprint density at radius 3 is 2.19 bits per heavy atom. The Morgan fingerprint density at radius 1 is 1.00 bits per heavy atom. The maximum Gasteiger partial charge on any atom is 0.175 e. The molecule has 0 N–H and O–H groups in total. The molecule has 0 fully saturated rings. The largest absolute Gasteiger partial charge is 0.293 e. The molecule has 2 nitrogen and oxygen atoms in total. The van der Waals surface area contributed by atoms with Gasteiger partial charge in [0.15, 0.2) is 5.78 Å². The minimum absolute atomic E-state index is 0.0560. The molecule has 0 amide bonds. The maximum atomic E-state index is 12.1. The predicted molar refractivity (Wildman–Crippen MR) is 88.0 cm³/mol. The summed E-state index contributed by atoms with van der Waals surface area (Å²) in [6.45, 7) is 4.23. The van der Waals surface area contributed by atoms with Gasteiger partial charge in [-0.25, -0.2) is 0 Å². The molecule has 0 aromatic heterocycles. The van der Waals surface area contributed by atoms with Gasteiger partial charge in [-0.3, -0.25) is 9.00 Å². The van der Waals surface area contributed by atoms with Gasteiger partial charge in [-0.15, -0.1) is 0 Å². The summed E-state index contributed by atoms with van der Waals surface area (Å²) in [5.74, 6) is 0.896. The summed E-state index contributed by atoms with van der Waals surface area (Å²) in [6, 6.07) is 17.2. The predicted octanol–water partition coefficient (Wildman–Crippen LogP) is 3.94. The molecule has 0 bridgehead atoms. The van der Waals surface area contributed by atoms with Gasteiger partial charge in [0.2, 0.25) is 0 Å². The molecule has 0 saturated heterocycles. The van der Waals surface area contributed by atoms with Crippen molar-refractivity contribution in [2.45, 2.75) is 25.5 Å². The van der Waals surface area contributed by atoms with E-state index in [1.54, 1.807) is 0 Å². The SMILES string of the molecule is CC(C)c1ccc(C(=O)CS(=O)Cc2ccccc2)cc1. The Morgan fingerprint density at radius 2 is 1.62 bits per heavy atom. The maximum absolute atomic E-state index is 12.1. The van der Waals surface area contributed by atoms with E-state index in [9.17, 15) is 9.00 Å². The average molecular weight is 300 g/mol. The van der Waals surface area contributed by atoms with Gasteiger partial charge in [-0.1, -0.05) is 68.4 Å². The van der Waals surface area contributed by atoms with E-state index in [0.29, 0.717) is 17.2 Å². The number of hydrogen-bond acceptors (Lipinski definition) is 2. The zero-order valence-corrected chi connectivity index (χ0v) is 13.2. The molecule has 0 aliphatic heterocycles. The van der Waals surface area contributed by atoms with Gasteiger partial charge in [0.1, 0.15) is 0 Å². The van der Waals surface area contributed by atoms with Crippen LogP contribution in [0.4, 0.5) is 0 Å². The molecule has 2 aromatic rings. The number of carbonyl (C=O) groups excluding carboxylic acids is 1. The lowest BCUT2D eigenvalue weighted by atomic mass is 10.0. The molecule has 2 rings (SSSR count). The standard InChI is InChI=1S/C18H20O2S/c1-14(2)16-8-10-17(11-9-16)18(19)13-21(20)12-15-6-4-3-5-7-15/h3-11,14H,12-13H2,1-2H3. The van der Waals surface area contributed by atoms with Crippen LogP contribution in [0.25, 0.3) is 0 Å². The van der Waals surface area contributed by atoms with Crippen molar-refractivity contribution in [3.63, 3.8) is 0 Å². The second kappa shape index (κ2) is 7.32. The number of rotatable bonds is 6. The number of hydrogen-bond donors (Lipinski definition) is 0. The molecule has 0 saturated carbocycles. The lowest BCUT2D eigenvalue weighted by Gasteiger charge is -2.06. The van der Waals surface area contributed by atoms with E-state index in [1.165, 1.54) is 5.56 Å². The molecule has 21 heavy (non-hydrogen) atoms. The van der Waals surface area contributed by atoms with Crippen molar-refractivity contribution in [1.82, 2.24) is 0 Å². The van der Waals surface area contributed by atoms with Crippen LogP contribution >= 0.6 is 0 Å². The summed E-state index contributed by atoms with van der Waals surface area (Å²) < 4.78 is 12.1. The van der Waals surface area contributed by atoms with Crippen molar-refractivity contribution in [3.05, 3.63) is 71.3 Å². The topological polar surface area (TPSA) is 34.1 Å². The summed E-state index contributed by atoms with van der Waals surface area (Å²) in [5.41, 5.74) is 2.84. The highest BCUT2D eigenvalue weighted by Gasteiger charge is 2.11. The van der Waals surface area contributed by atoms with Crippen LogP contribution < -0.4 is 0 Å². The first-order valence-corrected chi connectivity index (χ1v) is 8.57. The van der Waals surface area contributed by atoms with Crippen LogP contribution in [0.1, 0.15) is 41.3 Å². The van der Waals surface area contributed by atoms with Crippen molar-refractivity contribution in [3.8, 4) is 0 Å². The molecule has 2 aromatic carbocycles.